The molecule has 0 fully saturated rings. The molecule has 0 aliphatic heterocycles. The number of aliphatic hydroxyl groups excluding tert-OH is 1. The molecule has 2 rings (SSSR count). The van der Waals surface area contributed by atoms with Gasteiger partial charge in [0.25, 0.3) is 0 Å². The van der Waals surface area contributed by atoms with Crippen molar-refractivity contribution in [2.24, 2.45) is 0 Å². The fourth-order valence-corrected chi connectivity index (χ4v) is 2.18. The first-order chi connectivity index (χ1) is 8.08. The van der Waals surface area contributed by atoms with Crippen LogP contribution in [0.25, 0.3) is 0 Å². The van der Waals surface area contributed by atoms with Gasteiger partial charge in [0.05, 0.1) is 0 Å². The normalized spacial score (nSPS) is 12.5. The van der Waals surface area contributed by atoms with Crippen LogP contribution in [0.1, 0.15) is 17.2 Å². The van der Waals surface area contributed by atoms with E-state index in [4.69, 9.17) is 34.8 Å². The quantitative estimate of drug-likeness (QED) is 0.843. The van der Waals surface area contributed by atoms with Crippen molar-refractivity contribution >= 4 is 34.8 Å². The van der Waals surface area contributed by atoms with Gasteiger partial charge in [-0.3, -0.25) is 0 Å². The van der Waals surface area contributed by atoms with Crippen LogP contribution in [0.4, 0.5) is 0 Å². The third-order valence-corrected chi connectivity index (χ3v) is 3.09. The number of hydrogen-bond acceptors (Lipinski definition) is 2. The second-order valence-corrected chi connectivity index (χ2v) is 4.71. The number of pyridine rings is 1. The summed E-state index contributed by atoms with van der Waals surface area (Å²) in [5.74, 6) is 0. The molecule has 2 nitrogen and oxygen atoms in total. The van der Waals surface area contributed by atoms with Gasteiger partial charge in [0.2, 0.25) is 0 Å². The summed E-state index contributed by atoms with van der Waals surface area (Å²) >= 11 is 17.6. The van der Waals surface area contributed by atoms with Gasteiger partial charge < -0.3 is 5.11 Å². The van der Waals surface area contributed by atoms with Gasteiger partial charge in [0, 0.05) is 21.8 Å². The summed E-state index contributed by atoms with van der Waals surface area (Å²) in [5, 5.41) is 11.4. The molecule has 0 aliphatic carbocycles. The fraction of sp³-hybridized carbons (Fsp3) is 0.0833. The molecule has 0 aliphatic rings. The van der Waals surface area contributed by atoms with Gasteiger partial charge in [-0.1, -0.05) is 40.9 Å². The monoisotopic (exact) mass is 287 g/mol. The maximum Gasteiger partial charge on any atom is 0.129 e. The summed E-state index contributed by atoms with van der Waals surface area (Å²) < 4.78 is 0. The smallest absolute Gasteiger partial charge is 0.129 e. The predicted molar refractivity (Wildman–Crippen MR) is 69.8 cm³/mol. The molecule has 5 heteroatoms. The summed E-state index contributed by atoms with van der Waals surface area (Å²) in [6.07, 6.45) is 0.685. The van der Waals surface area contributed by atoms with Gasteiger partial charge in [0.1, 0.15) is 11.3 Å². The molecule has 0 radical (unpaired) electrons. The molecule has 0 spiro atoms. The third kappa shape index (κ3) is 2.90. The van der Waals surface area contributed by atoms with E-state index < -0.39 is 6.10 Å². The first kappa shape index (κ1) is 12.7. The molecule has 1 aromatic heterocycles. The van der Waals surface area contributed by atoms with Crippen molar-refractivity contribution in [2.75, 3.05) is 0 Å². The Balaban J connectivity index is 2.40. The lowest BCUT2D eigenvalue weighted by Gasteiger charge is -2.13. The van der Waals surface area contributed by atoms with Crippen LogP contribution in [0.3, 0.4) is 0 Å². The van der Waals surface area contributed by atoms with Crippen molar-refractivity contribution in [1.82, 2.24) is 4.98 Å². The van der Waals surface area contributed by atoms with Crippen LogP contribution in [0.5, 0.6) is 0 Å². The first-order valence-electron chi connectivity index (χ1n) is 4.82. The van der Waals surface area contributed by atoms with E-state index >= 15 is 0 Å². The standard InChI is InChI=1S/C12H8Cl3NO/c13-8-1-2-9(10(14)6-8)12(17)7-3-4-16-11(15)5-7/h1-6,12,17H. The van der Waals surface area contributed by atoms with Crippen LogP contribution in [0.2, 0.25) is 15.2 Å². The van der Waals surface area contributed by atoms with Gasteiger partial charge >= 0.3 is 0 Å². The summed E-state index contributed by atoms with van der Waals surface area (Å²) in [6, 6.07) is 8.22. The summed E-state index contributed by atoms with van der Waals surface area (Å²) in [7, 11) is 0. The van der Waals surface area contributed by atoms with Crippen LogP contribution in [0.15, 0.2) is 36.5 Å². The molecule has 0 saturated heterocycles. The van der Waals surface area contributed by atoms with E-state index in [9.17, 15) is 5.11 Å². The number of benzene rings is 1. The Hall–Kier alpha value is -0.800. The predicted octanol–water partition coefficient (Wildman–Crippen LogP) is 4.12. The topological polar surface area (TPSA) is 33.1 Å². The molecule has 1 heterocycles. The lowest BCUT2D eigenvalue weighted by Crippen LogP contribution is -2.00. The van der Waals surface area contributed by atoms with E-state index in [2.05, 4.69) is 4.98 Å². The minimum absolute atomic E-state index is 0.326. The molecule has 0 saturated carbocycles. The Morgan fingerprint density at radius 3 is 2.47 bits per heavy atom. The van der Waals surface area contributed by atoms with Crippen molar-refractivity contribution in [3.63, 3.8) is 0 Å². The highest BCUT2D eigenvalue weighted by Crippen LogP contribution is 2.30. The molecule has 2 aromatic rings. The zero-order chi connectivity index (χ0) is 12.4. The molecule has 17 heavy (non-hydrogen) atoms. The number of rotatable bonds is 2. The maximum absolute atomic E-state index is 10.2. The molecule has 1 N–H and O–H groups in total. The minimum atomic E-state index is -0.847. The zero-order valence-corrected chi connectivity index (χ0v) is 10.8. The van der Waals surface area contributed by atoms with Crippen LogP contribution < -0.4 is 0 Å². The van der Waals surface area contributed by atoms with Gasteiger partial charge in [-0.2, -0.15) is 0 Å². The van der Waals surface area contributed by atoms with Crippen LogP contribution in [-0.4, -0.2) is 10.1 Å². The Kier molecular flexibility index (Phi) is 3.89. The van der Waals surface area contributed by atoms with E-state index in [0.29, 0.717) is 26.3 Å². The maximum atomic E-state index is 10.2. The Morgan fingerprint density at radius 1 is 1.06 bits per heavy atom. The zero-order valence-electron chi connectivity index (χ0n) is 8.57. The summed E-state index contributed by atoms with van der Waals surface area (Å²) in [6.45, 7) is 0. The van der Waals surface area contributed by atoms with Gasteiger partial charge in [0.15, 0.2) is 0 Å². The van der Waals surface area contributed by atoms with Crippen LogP contribution in [0, 0.1) is 0 Å². The molecule has 1 aromatic carbocycles. The van der Waals surface area contributed by atoms with Crippen LogP contribution >= 0.6 is 34.8 Å². The average molecular weight is 289 g/mol. The second kappa shape index (κ2) is 5.23. The SMILES string of the molecule is OC(c1ccnc(Cl)c1)c1ccc(Cl)cc1Cl. The molecule has 1 unspecified atom stereocenters. The van der Waals surface area contributed by atoms with Crippen LogP contribution in [-0.2, 0) is 0 Å². The number of nitrogens with zero attached hydrogens (tertiary/aromatic N) is 1. The number of aliphatic hydroxyl groups is 1. The number of aromatic nitrogens is 1. The lowest BCUT2D eigenvalue weighted by molar-refractivity contribution is 0.220. The number of halogens is 3. The summed E-state index contributed by atoms with van der Waals surface area (Å²) in [4.78, 5) is 3.85. The molecule has 1 atom stereocenters. The molecule has 0 amide bonds. The van der Waals surface area contributed by atoms with E-state index in [1.165, 1.54) is 6.20 Å². The third-order valence-electron chi connectivity index (χ3n) is 2.32. The second-order valence-electron chi connectivity index (χ2n) is 3.48. The van der Waals surface area contributed by atoms with E-state index in [0.717, 1.165) is 0 Å². The Bertz CT molecular complexity index is 545. The Labute approximate surface area is 114 Å². The lowest BCUT2D eigenvalue weighted by atomic mass is 10.0. The minimum Gasteiger partial charge on any atom is -0.384 e. The van der Waals surface area contributed by atoms with Gasteiger partial charge in [-0.25, -0.2) is 4.98 Å². The van der Waals surface area contributed by atoms with E-state index in [1.54, 1.807) is 30.3 Å². The van der Waals surface area contributed by atoms with Crippen molar-refractivity contribution in [1.29, 1.82) is 0 Å². The largest absolute Gasteiger partial charge is 0.384 e. The average Bonchev–Trinajstić information content (AvgIpc) is 2.28. The highest BCUT2D eigenvalue weighted by molar-refractivity contribution is 6.35. The highest BCUT2D eigenvalue weighted by Gasteiger charge is 2.14. The van der Waals surface area contributed by atoms with Crippen molar-refractivity contribution < 1.29 is 5.11 Å². The molecule has 0 bridgehead atoms. The molecular weight excluding hydrogens is 280 g/mol. The van der Waals surface area contributed by atoms with Crippen molar-refractivity contribution in [3.8, 4) is 0 Å². The first-order valence-corrected chi connectivity index (χ1v) is 5.96. The summed E-state index contributed by atoms with van der Waals surface area (Å²) in [5.41, 5.74) is 1.22. The van der Waals surface area contributed by atoms with Gasteiger partial charge in [-0.05, 0) is 29.8 Å². The Morgan fingerprint density at radius 2 is 1.82 bits per heavy atom. The van der Waals surface area contributed by atoms with Crippen molar-refractivity contribution in [3.05, 3.63) is 62.9 Å². The number of hydrogen-bond donors (Lipinski definition) is 1. The molecular formula is C12H8Cl3NO. The van der Waals surface area contributed by atoms with Crippen molar-refractivity contribution in [2.45, 2.75) is 6.10 Å². The van der Waals surface area contributed by atoms with Gasteiger partial charge in [-0.15, -0.1) is 0 Å². The van der Waals surface area contributed by atoms with E-state index in [1.807, 2.05) is 0 Å². The van der Waals surface area contributed by atoms with E-state index in [-0.39, 0.29) is 0 Å². The molecule has 88 valence electrons. The fourth-order valence-electron chi connectivity index (χ4n) is 1.49. The highest BCUT2D eigenvalue weighted by atomic mass is 35.5.